The summed E-state index contributed by atoms with van der Waals surface area (Å²) in [6.07, 6.45) is 1.53. The minimum atomic E-state index is -0.384. The lowest BCUT2D eigenvalue weighted by Gasteiger charge is -2.12. The molecular weight excluding hydrogens is 423 g/mol. The number of carbonyl (C=O) groups excluding carboxylic acids is 1. The Kier molecular flexibility index (Phi) is 7.71. The molecule has 7 heteroatoms. The summed E-state index contributed by atoms with van der Waals surface area (Å²) in [6.45, 7) is 2.77. The van der Waals surface area contributed by atoms with Crippen molar-refractivity contribution in [1.29, 1.82) is 0 Å². The summed E-state index contributed by atoms with van der Waals surface area (Å²) in [5.74, 6) is 0.821. The number of ether oxygens (including phenoxy) is 2. The monoisotopic (exact) mass is 442 g/mol. The van der Waals surface area contributed by atoms with Crippen LogP contribution in [0.2, 0.25) is 10.0 Å². The van der Waals surface area contributed by atoms with Crippen LogP contribution in [0, 0.1) is 0 Å². The second kappa shape index (κ2) is 10.7. The van der Waals surface area contributed by atoms with Crippen molar-refractivity contribution in [3.63, 3.8) is 0 Å². The molecule has 0 aliphatic rings. The molecule has 0 aliphatic carbocycles. The quantitative estimate of drug-likeness (QED) is 0.357. The zero-order valence-corrected chi connectivity index (χ0v) is 17.8. The Bertz CT molecular complexity index is 1040. The van der Waals surface area contributed by atoms with Crippen LogP contribution < -0.4 is 14.9 Å². The summed E-state index contributed by atoms with van der Waals surface area (Å²) < 4.78 is 11.6. The van der Waals surface area contributed by atoms with Crippen molar-refractivity contribution in [1.82, 2.24) is 5.43 Å². The molecule has 0 spiro atoms. The van der Waals surface area contributed by atoms with E-state index in [2.05, 4.69) is 10.5 Å². The molecule has 0 aliphatic heterocycles. The summed E-state index contributed by atoms with van der Waals surface area (Å²) >= 11 is 11.9. The SMILES string of the molecule is CCOc1cc(C=NNC(=O)c2ccccc2Cl)ccc1OCc1ccc(Cl)cc1. The summed E-state index contributed by atoms with van der Waals surface area (Å²) in [5.41, 5.74) is 4.57. The van der Waals surface area contributed by atoms with Crippen LogP contribution in [0.4, 0.5) is 0 Å². The maximum atomic E-state index is 12.2. The Morgan fingerprint density at radius 2 is 1.77 bits per heavy atom. The van der Waals surface area contributed by atoms with Gasteiger partial charge in [0.2, 0.25) is 0 Å². The van der Waals surface area contributed by atoms with E-state index in [0.717, 1.165) is 11.1 Å². The van der Waals surface area contributed by atoms with Gasteiger partial charge in [-0.15, -0.1) is 0 Å². The molecule has 0 atom stereocenters. The first kappa shape index (κ1) is 21.7. The number of carbonyl (C=O) groups is 1. The molecule has 0 radical (unpaired) electrons. The molecule has 30 heavy (non-hydrogen) atoms. The van der Waals surface area contributed by atoms with E-state index in [1.54, 1.807) is 36.4 Å². The van der Waals surface area contributed by atoms with Crippen molar-refractivity contribution in [2.45, 2.75) is 13.5 Å². The topological polar surface area (TPSA) is 59.9 Å². The highest BCUT2D eigenvalue weighted by molar-refractivity contribution is 6.33. The maximum absolute atomic E-state index is 12.2. The van der Waals surface area contributed by atoms with Gasteiger partial charge in [0.05, 0.1) is 23.4 Å². The zero-order chi connectivity index (χ0) is 21.3. The van der Waals surface area contributed by atoms with Crippen LogP contribution in [0.3, 0.4) is 0 Å². The lowest BCUT2D eigenvalue weighted by molar-refractivity contribution is 0.0955. The second-order valence-corrected chi connectivity index (χ2v) is 7.08. The van der Waals surface area contributed by atoms with Crippen LogP contribution in [0.15, 0.2) is 71.8 Å². The van der Waals surface area contributed by atoms with E-state index in [1.807, 2.05) is 37.3 Å². The van der Waals surface area contributed by atoms with E-state index in [1.165, 1.54) is 6.21 Å². The maximum Gasteiger partial charge on any atom is 0.272 e. The molecule has 5 nitrogen and oxygen atoms in total. The highest BCUT2D eigenvalue weighted by Crippen LogP contribution is 2.29. The second-order valence-electron chi connectivity index (χ2n) is 6.23. The Balaban J connectivity index is 1.66. The number of nitrogens with one attached hydrogen (secondary N) is 1. The van der Waals surface area contributed by atoms with E-state index in [9.17, 15) is 4.79 Å². The number of hydrogen-bond donors (Lipinski definition) is 1. The van der Waals surface area contributed by atoms with Gasteiger partial charge in [-0.25, -0.2) is 5.43 Å². The Morgan fingerprint density at radius 1 is 1.00 bits per heavy atom. The highest BCUT2D eigenvalue weighted by atomic mass is 35.5. The summed E-state index contributed by atoms with van der Waals surface area (Å²) in [7, 11) is 0. The van der Waals surface area contributed by atoms with Crippen molar-refractivity contribution in [2.75, 3.05) is 6.61 Å². The van der Waals surface area contributed by atoms with Crippen LogP contribution in [0.1, 0.15) is 28.4 Å². The van der Waals surface area contributed by atoms with Crippen molar-refractivity contribution in [2.24, 2.45) is 5.10 Å². The third-order valence-corrected chi connectivity index (χ3v) is 4.65. The third-order valence-electron chi connectivity index (χ3n) is 4.07. The van der Waals surface area contributed by atoms with E-state index in [-0.39, 0.29) is 5.91 Å². The van der Waals surface area contributed by atoms with Crippen LogP contribution in [0.5, 0.6) is 11.5 Å². The predicted octanol–water partition coefficient (Wildman–Crippen LogP) is 5.74. The standard InChI is InChI=1S/C23H20Cl2N2O3/c1-2-29-22-13-17(14-26-27-23(28)19-5-3-4-6-20(19)25)9-12-21(22)30-15-16-7-10-18(24)11-8-16/h3-14H,2,15H2,1H3,(H,27,28). The van der Waals surface area contributed by atoms with Gasteiger partial charge < -0.3 is 9.47 Å². The third kappa shape index (κ3) is 5.99. The van der Waals surface area contributed by atoms with Gasteiger partial charge >= 0.3 is 0 Å². The van der Waals surface area contributed by atoms with Crippen molar-refractivity contribution < 1.29 is 14.3 Å². The zero-order valence-electron chi connectivity index (χ0n) is 16.3. The molecule has 3 rings (SSSR count). The van der Waals surface area contributed by atoms with Gasteiger partial charge in [-0.05, 0) is 60.5 Å². The summed E-state index contributed by atoms with van der Waals surface area (Å²) in [4.78, 5) is 12.2. The molecule has 154 valence electrons. The number of hydrazone groups is 1. The number of amides is 1. The molecule has 1 N–H and O–H groups in total. The van der Waals surface area contributed by atoms with Gasteiger partial charge in [0.1, 0.15) is 6.61 Å². The smallest absolute Gasteiger partial charge is 0.272 e. The van der Waals surface area contributed by atoms with E-state index in [4.69, 9.17) is 32.7 Å². The molecule has 3 aromatic carbocycles. The summed E-state index contributed by atoms with van der Waals surface area (Å²) in [6, 6.07) is 19.7. The largest absolute Gasteiger partial charge is 0.490 e. The average Bonchev–Trinajstić information content (AvgIpc) is 2.75. The molecule has 0 saturated carbocycles. The molecule has 0 fully saturated rings. The first-order valence-corrected chi connectivity index (χ1v) is 10.0. The number of rotatable bonds is 8. The molecular formula is C23H20Cl2N2O3. The van der Waals surface area contributed by atoms with E-state index >= 15 is 0 Å². The van der Waals surface area contributed by atoms with Crippen molar-refractivity contribution in [3.8, 4) is 11.5 Å². The minimum absolute atomic E-state index is 0.359. The van der Waals surface area contributed by atoms with E-state index in [0.29, 0.717) is 40.3 Å². The fraction of sp³-hybridized carbons (Fsp3) is 0.130. The fourth-order valence-corrected chi connectivity index (χ4v) is 2.95. The fourth-order valence-electron chi connectivity index (χ4n) is 2.61. The molecule has 0 heterocycles. The van der Waals surface area contributed by atoms with Gasteiger partial charge in [-0.1, -0.05) is 47.5 Å². The Hall–Kier alpha value is -3.02. The Morgan fingerprint density at radius 3 is 2.50 bits per heavy atom. The van der Waals surface area contributed by atoms with E-state index < -0.39 is 0 Å². The number of nitrogens with zero attached hydrogens (tertiary/aromatic N) is 1. The minimum Gasteiger partial charge on any atom is -0.490 e. The van der Waals surface area contributed by atoms with Gasteiger partial charge in [0, 0.05) is 5.02 Å². The first-order chi connectivity index (χ1) is 14.6. The highest BCUT2D eigenvalue weighted by Gasteiger charge is 2.09. The molecule has 0 aromatic heterocycles. The molecule has 0 saturated heterocycles. The number of benzene rings is 3. The number of hydrogen-bond acceptors (Lipinski definition) is 4. The van der Waals surface area contributed by atoms with Crippen LogP contribution in [-0.2, 0) is 6.61 Å². The molecule has 3 aromatic rings. The predicted molar refractivity (Wildman–Crippen MR) is 120 cm³/mol. The van der Waals surface area contributed by atoms with Crippen LogP contribution in [-0.4, -0.2) is 18.7 Å². The van der Waals surface area contributed by atoms with Gasteiger partial charge in [0.15, 0.2) is 11.5 Å². The lowest BCUT2D eigenvalue weighted by atomic mass is 10.2. The first-order valence-electron chi connectivity index (χ1n) is 9.29. The van der Waals surface area contributed by atoms with Gasteiger partial charge in [-0.2, -0.15) is 5.10 Å². The van der Waals surface area contributed by atoms with Gasteiger partial charge in [0.25, 0.3) is 5.91 Å². The summed E-state index contributed by atoms with van der Waals surface area (Å²) in [5, 5.41) is 5.05. The van der Waals surface area contributed by atoms with Crippen molar-refractivity contribution in [3.05, 3.63) is 93.5 Å². The average molecular weight is 443 g/mol. The molecule has 0 unspecified atom stereocenters. The van der Waals surface area contributed by atoms with Crippen molar-refractivity contribution >= 4 is 35.3 Å². The Labute approximate surface area is 185 Å². The normalized spacial score (nSPS) is 10.8. The molecule has 1 amide bonds. The lowest BCUT2D eigenvalue weighted by Crippen LogP contribution is -2.17. The number of halogens is 2. The van der Waals surface area contributed by atoms with Gasteiger partial charge in [-0.3, -0.25) is 4.79 Å². The molecule has 0 bridgehead atoms. The van der Waals surface area contributed by atoms with Crippen LogP contribution in [0.25, 0.3) is 0 Å². The van der Waals surface area contributed by atoms with Crippen LogP contribution >= 0.6 is 23.2 Å².